The van der Waals surface area contributed by atoms with Crippen molar-refractivity contribution >= 4 is 28.2 Å². The highest BCUT2D eigenvalue weighted by Crippen LogP contribution is 2.44. The molecule has 1 atom stereocenters. The number of hydrogen-bond donors (Lipinski definition) is 1. The zero-order chi connectivity index (χ0) is 19.1. The summed E-state index contributed by atoms with van der Waals surface area (Å²) < 4.78 is 10.4. The molecule has 0 bridgehead atoms. The van der Waals surface area contributed by atoms with E-state index in [0.717, 1.165) is 24.8 Å². The van der Waals surface area contributed by atoms with Crippen LogP contribution in [0.5, 0.6) is 0 Å². The fraction of sp³-hybridized carbons (Fsp3) is 0.500. The lowest BCUT2D eigenvalue weighted by atomic mass is 9.72. The molecule has 5 nitrogen and oxygen atoms in total. The van der Waals surface area contributed by atoms with Crippen LogP contribution in [-0.4, -0.2) is 19.0 Å². The minimum absolute atomic E-state index is 0.211. The number of hydrogen-bond acceptors (Lipinski definition) is 5. The Balaban J connectivity index is 1.94. The van der Waals surface area contributed by atoms with E-state index in [1.54, 1.807) is 19.1 Å². The summed E-state index contributed by atoms with van der Waals surface area (Å²) in [6.07, 6.45) is 2.78. The normalized spacial score (nSPS) is 16.9. The first kappa shape index (κ1) is 18.7. The quantitative estimate of drug-likeness (QED) is 0.780. The number of nitrogens with one attached hydrogen (secondary N) is 1. The number of ether oxygens (including phenoxy) is 1. The Labute approximate surface area is 157 Å². The zero-order valence-electron chi connectivity index (χ0n) is 15.9. The van der Waals surface area contributed by atoms with Gasteiger partial charge in [-0.3, -0.25) is 4.79 Å². The third kappa shape index (κ3) is 3.56. The maximum Gasteiger partial charge on any atom is 0.341 e. The molecule has 3 rings (SSSR count). The average molecular weight is 375 g/mol. The van der Waals surface area contributed by atoms with Gasteiger partial charge in [-0.1, -0.05) is 20.8 Å². The standard InChI is InChI=1S/C20H25NO4S/c1-11-6-9-14(25-11)17(22)21-18-16(19(23)24-5)13-8-7-12(20(2,3)4)10-15(13)26-18/h6,9,12H,7-8,10H2,1-5H3,(H,21,22). The predicted molar refractivity (Wildman–Crippen MR) is 102 cm³/mol. The summed E-state index contributed by atoms with van der Waals surface area (Å²) in [6.45, 7) is 8.53. The second-order valence-electron chi connectivity index (χ2n) is 7.87. The molecule has 0 saturated heterocycles. The van der Waals surface area contributed by atoms with Crippen molar-refractivity contribution in [2.45, 2.75) is 47.0 Å². The molecule has 140 valence electrons. The van der Waals surface area contributed by atoms with E-state index in [4.69, 9.17) is 9.15 Å². The van der Waals surface area contributed by atoms with Gasteiger partial charge in [0.05, 0.1) is 12.7 Å². The number of furan rings is 1. The molecule has 1 unspecified atom stereocenters. The van der Waals surface area contributed by atoms with Crippen LogP contribution in [0.4, 0.5) is 5.00 Å². The third-order valence-corrected chi connectivity index (χ3v) is 6.24. The van der Waals surface area contributed by atoms with Crippen molar-refractivity contribution < 1.29 is 18.7 Å². The minimum Gasteiger partial charge on any atom is -0.465 e. The van der Waals surface area contributed by atoms with Crippen molar-refractivity contribution in [3.63, 3.8) is 0 Å². The maximum atomic E-state index is 12.5. The van der Waals surface area contributed by atoms with Crippen LogP contribution >= 0.6 is 11.3 Å². The largest absolute Gasteiger partial charge is 0.465 e. The van der Waals surface area contributed by atoms with Crippen LogP contribution in [0.25, 0.3) is 0 Å². The van der Waals surface area contributed by atoms with Crippen LogP contribution in [0.15, 0.2) is 16.5 Å². The molecule has 2 heterocycles. The Morgan fingerprint density at radius 1 is 1.31 bits per heavy atom. The SMILES string of the molecule is COC(=O)c1c(NC(=O)c2ccc(C)o2)sc2c1CCC(C(C)(C)C)C2. The Kier molecular flexibility index (Phi) is 4.97. The minimum atomic E-state index is -0.400. The van der Waals surface area contributed by atoms with Crippen molar-refractivity contribution in [1.82, 2.24) is 0 Å². The average Bonchev–Trinajstić information content (AvgIpc) is 3.16. The number of methoxy groups -OCH3 is 1. The van der Waals surface area contributed by atoms with Crippen LogP contribution in [-0.2, 0) is 17.6 Å². The number of anilines is 1. The number of amides is 1. The maximum absolute atomic E-state index is 12.5. The lowest BCUT2D eigenvalue weighted by molar-refractivity contribution is 0.0600. The van der Waals surface area contributed by atoms with E-state index in [1.807, 2.05) is 0 Å². The van der Waals surface area contributed by atoms with E-state index >= 15 is 0 Å². The lowest BCUT2D eigenvalue weighted by Crippen LogP contribution is -2.26. The van der Waals surface area contributed by atoms with E-state index in [1.165, 1.54) is 23.3 Å². The highest BCUT2D eigenvalue weighted by molar-refractivity contribution is 7.17. The van der Waals surface area contributed by atoms with E-state index < -0.39 is 5.97 Å². The van der Waals surface area contributed by atoms with Gasteiger partial charge in [-0.15, -0.1) is 11.3 Å². The number of fused-ring (bicyclic) bond motifs is 1. The first-order chi connectivity index (χ1) is 12.2. The third-order valence-electron chi connectivity index (χ3n) is 5.07. The lowest BCUT2D eigenvalue weighted by Gasteiger charge is -2.33. The van der Waals surface area contributed by atoms with Crippen molar-refractivity contribution in [2.24, 2.45) is 11.3 Å². The topological polar surface area (TPSA) is 68.5 Å². The van der Waals surface area contributed by atoms with E-state index in [0.29, 0.717) is 22.2 Å². The number of aryl methyl sites for hydroxylation is 1. The number of carbonyl (C=O) groups excluding carboxylic acids is 2. The molecule has 1 N–H and O–H groups in total. The number of rotatable bonds is 3. The van der Waals surface area contributed by atoms with Gasteiger partial charge in [-0.05, 0) is 55.2 Å². The van der Waals surface area contributed by atoms with Gasteiger partial charge in [0.25, 0.3) is 5.91 Å². The van der Waals surface area contributed by atoms with Gasteiger partial charge >= 0.3 is 5.97 Å². The summed E-state index contributed by atoms with van der Waals surface area (Å²) >= 11 is 1.48. The molecule has 0 saturated carbocycles. The fourth-order valence-corrected chi connectivity index (χ4v) is 4.76. The van der Waals surface area contributed by atoms with Crippen molar-refractivity contribution in [3.05, 3.63) is 39.7 Å². The van der Waals surface area contributed by atoms with Gasteiger partial charge in [-0.25, -0.2) is 4.79 Å². The summed E-state index contributed by atoms with van der Waals surface area (Å²) in [5.74, 6) is 0.700. The van der Waals surface area contributed by atoms with E-state index in [2.05, 4.69) is 26.1 Å². The summed E-state index contributed by atoms with van der Waals surface area (Å²) in [5.41, 5.74) is 1.73. The highest BCUT2D eigenvalue weighted by atomic mass is 32.1. The van der Waals surface area contributed by atoms with Gasteiger partial charge in [-0.2, -0.15) is 0 Å². The number of esters is 1. The Bertz CT molecular complexity index is 841. The zero-order valence-corrected chi connectivity index (χ0v) is 16.7. The molecule has 6 heteroatoms. The van der Waals surface area contributed by atoms with Crippen molar-refractivity contribution in [2.75, 3.05) is 12.4 Å². The van der Waals surface area contributed by atoms with Gasteiger partial charge in [0.1, 0.15) is 10.8 Å². The molecule has 1 amide bonds. The van der Waals surface area contributed by atoms with Crippen molar-refractivity contribution in [1.29, 1.82) is 0 Å². The molecule has 26 heavy (non-hydrogen) atoms. The summed E-state index contributed by atoms with van der Waals surface area (Å²) in [6, 6.07) is 3.37. The van der Waals surface area contributed by atoms with E-state index in [-0.39, 0.29) is 17.1 Å². The Morgan fingerprint density at radius 3 is 2.62 bits per heavy atom. The molecule has 2 aromatic heterocycles. The number of carbonyl (C=O) groups is 2. The molecular formula is C20H25NO4S. The second kappa shape index (κ2) is 6.91. The molecule has 2 aromatic rings. The molecule has 0 aliphatic heterocycles. The molecule has 1 aliphatic carbocycles. The molecule has 1 aliphatic rings. The van der Waals surface area contributed by atoms with Crippen LogP contribution in [0, 0.1) is 18.3 Å². The molecule has 0 spiro atoms. The monoisotopic (exact) mass is 375 g/mol. The second-order valence-corrected chi connectivity index (χ2v) is 8.97. The van der Waals surface area contributed by atoms with Gasteiger partial charge in [0.15, 0.2) is 5.76 Å². The van der Waals surface area contributed by atoms with Gasteiger partial charge in [0, 0.05) is 4.88 Å². The number of thiophene rings is 1. The van der Waals surface area contributed by atoms with Crippen LogP contribution in [0.2, 0.25) is 0 Å². The van der Waals surface area contributed by atoms with Crippen LogP contribution < -0.4 is 5.32 Å². The first-order valence-corrected chi connectivity index (χ1v) is 9.63. The van der Waals surface area contributed by atoms with Crippen molar-refractivity contribution in [3.8, 4) is 0 Å². The summed E-state index contributed by atoms with van der Waals surface area (Å²) in [5, 5.41) is 3.40. The van der Waals surface area contributed by atoms with E-state index in [9.17, 15) is 9.59 Å². The molecule has 0 fully saturated rings. The summed E-state index contributed by atoms with van der Waals surface area (Å²) in [7, 11) is 1.37. The summed E-state index contributed by atoms with van der Waals surface area (Å²) in [4.78, 5) is 26.0. The molecule has 0 aromatic carbocycles. The fourth-order valence-electron chi connectivity index (χ4n) is 3.45. The van der Waals surface area contributed by atoms with Gasteiger partial charge < -0.3 is 14.5 Å². The Morgan fingerprint density at radius 2 is 2.04 bits per heavy atom. The van der Waals surface area contributed by atoms with Gasteiger partial charge in [0.2, 0.25) is 0 Å². The van der Waals surface area contributed by atoms with Crippen LogP contribution in [0.1, 0.15) is 64.3 Å². The highest BCUT2D eigenvalue weighted by Gasteiger charge is 2.34. The molecular weight excluding hydrogens is 350 g/mol. The smallest absolute Gasteiger partial charge is 0.341 e. The predicted octanol–water partition coefficient (Wildman–Crippen LogP) is 4.84. The molecule has 0 radical (unpaired) electrons. The van der Waals surface area contributed by atoms with Crippen LogP contribution in [0.3, 0.4) is 0 Å². The Hall–Kier alpha value is -2.08. The first-order valence-electron chi connectivity index (χ1n) is 8.81.